The number of halogens is 2. The topological polar surface area (TPSA) is 29.3 Å². The van der Waals surface area contributed by atoms with Gasteiger partial charge in [0.15, 0.2) is 0 Å². The predicted octanol–water partition coefficient (Wildman–Crippen LogP) is 4.64. The second-order valence-corrected chi connectivity index (χ2v) is 5.26. The summed E-state index contributed by atoms with van der Waals surface area (Å²) < 4.78 is 13.9. The minimum absolute atomic E-state index is 0.346. The molecule has 0 atom stereocenters. The highest BCUT2D eigenvalue weighted by atomic mass is 79.9. The maximum Gasteiger partial charge on any atom is 0.139 e. The SMILES string of the molecule is CCN(c1ccc(C)cc1)c1cc(Br)c(F)cc1N. The van der Waals surface area contributed by atoms with Crippen molar-refractivity contribution in [1.82, 2.24) is 0 Å². The first kappa shape index (κ1) is 13.9. The van der Waals surface area contributed by atoms with E-state index in [0.717, 1.165) is 17.9 Å². The molecule has 100 valence electrons. The summed E-state index contributed by atoms with van der Waals surface area (Å²) in [6, 6.07) is 11.2. The van der Waals surface area contributed by atoms with Gasteiger partial charge >= 0.3 is 0 Å². The van der Waals surface area contributed by atoms with E-state index in [-0.39, 0.29) is 5.82 Å². The van der Waals surface area contributed by atoms with Crippen molar-refractivity contribution < 1.29 is 4.39 Å². The Bertz CT molecular complexity index is 581. The van der Waals surface area contributed by atoms with Crippen LogP contribution in [-0.2, 0) is 0 Å². The maximum atomic E-state index is 13.4. The number of nitrogen functional groups attached to an aromatic ring is 1. The van der Waals surface area contributed by atoms with Gasteiger partial charge in [0.1, 0.15) is 5.82 Å². The molecule has 2 rings (SSSR count). The lowest BCUT2D eigenvalue weighted by molar-refractivity contribution is 0.622. The quantitative estimate of drug-likeness (QED) is 0.834. The van der Waals surface area contributed by atoms with Crippen molar-refractivity contribution in [3.8, 4) is 0 Å². The van der Waals surface area contributed by atoms with Crippen molar-refractivity contribution in [1.29, 1.82) is 0 Å². The third kappa shape index (κ3) is 2.89. The molecule has 2 aromatic rings. The monoisotopic (exact) mass is 322 g/mol. The van der Waals surface area contributed by atoms with Crippen LogP contribution in [0.1, 0.15) is 12.5 Å². The van der Waals surface area contributed by atoms with E-state index in [1.807, 2.05) is 38.1 Å². The first-order chi connectivity index (χ1) is 9.02. The minimum Gasteiger partial charge on any atom is -0.397 e. The van der Waals surface area contributed by atoms with Gasteiger partial charge in [-0.2, -0.15) is 0 Å². The van der Waals surface area contributed by atoms with Crippen molar-refractivity contribution >= 4 is 33.0 Å². The summed E-state index contributed by atoms with van der Waals surface area (Å²) in [4.78, 5) is 2.05. The lowest BCUT2D eigenvalue weighted by Gasteiger charge is -2.25. The number of hydrogen-bond acceptors (Lipinski definition) is 2. The molecule has 0 unspecified atom stereocenters. The molecule has 2 aromatic carbocycles. The van der Waals surface area contributed by atoms with Gasteiger partial charge in [-0.25, -0.2) is 4.39 Å². The second-order valence-electron chi connectivity index (χ2n) is 4.40. The summed E-state index contributed by atoms with van der Waals surface area (Å²) >= 11 is 3.20. The molecule has 0 saturated carbocycles. The lowest BCUT2D eigenvalue weighted by Crippen LogP contribution is -2.17. The average molecular weight is 323 g/mol. The van der Waals surface area contributed by atoms with E-state index in [2.05, 4.69) is 20.8 Å². The summed E-state index contributed by atoms with van der Waals surface area (Å²) in [6.45, 7) is 4.84. The van der Waals surface area contributed by atoms with Crippen LogP contribution in [0.25, 0.3) is 0 Å². The summed E-state index contributed by atoms with van der Waals surface area (Å²) in [5.74, 6) is -0.346. The van der Waals surface area contributed by atoms with Gasteiger partial charge in [0.25, 0.3) is 0 Å². The smallest absolute Gasteiger partial charge is 0.139 e. The van der Waals surface area contributed by atoms with Crippen molar-refractivity contribution in [2.45, 2.75) is 13.8 Å². The van der Waals surface area contributed by atoms with Gasteiger partial charge in [0.2, 0.25) is 0 Å². The molecule has 0 heterocycles. The van der Waals surface area contributed by atoms with Gasteiger partial charge in [-0.3, -0.25) is 0 Å². The Kier molecular flexibility index (Phi) is 4.10. The third-order valence-corrected chi connectivity index (χ3v) is 3.63. The van der Waals surface area contributed by atoms with Crippen LogP contribution in [0.4, 0.5) is 21.5 Å². The molecular formula is C15H16BrFN2. The van der Waals surface area contributed by atoms with Crippen LogP contribution < -0.4 is 10.6 Å². The second kappa shape index (κ2) is 5.61. The normalized spacial score (nSPS) is 10.5. The number of anilines is 3. The largest absolute Gasteiger partial charge is 0.397 e. The summed E-state index contributed by atoms with van der Waals surface area (Å²) in [5, 5.41) is 0. The number of aryl methyl sites for hydroxylation is 1. The summed E-state index contributed by atoms with van der Waals surface area (Å²) in [7, 11) is 0. The highest BCUT2D eigenvalue weighted by molar-refractivity contribution is 9.10. The van der Waals surface area contributed by atoms with E-state index in [1.54, 1.807) is 6.07 Å². The fraction of sp³-hybridized carbons (Fsp3) is 0.200. The molecule has 0 saturated heterocycles. The van der Waals surface area contributed by atoms with Crippen LogP contribution in [0, 0.1) is 12.7 Å². The number of nitrogens with zero attached hydrogens (tertiary/aromatic N) is 1. The molecule has 0 aromatic heterocycles. The van der Waals surface area contributed by atoms with Gasteiger partial charge in [-0.1, -0.05) is 17.7 Å². The first-order valence-electron chi connectivity index (χ1n) is 6.11. The first-order valence-corrected chi connectivity index (χ1v) is 6.91. The Morgan fingerprint density at radius 2 is 1.84 bits per heavy atom. The Hall–Kier alpha value is -1.55. The van der Waals surface area contributed by atoms with E-state index in [1.165, 1.54) is 11.6 Å². The van der Waals surface area contributed by atoms with Crippen molar-refractivity contribution in [2.75, 3.05) is 17.2 Å². The van der Waals surface area contributed by atoms with E-state index in [4.69, 9.17) is 5.73 Å². The minimum atomic E-state index is -0.346. The number of nitrogens with two attached hydrogens (primary N) is 1. The van der Waals surface area contributed by atoms with Crippen molar-refractivity contribution in [3.63, 3.8) is 0 Å². The van der Waals surface area contributed by atoms with Gasteiger partial charge in [-0.15, -0.1) is 0 Å². The van der Waals surface area contributed by atoms with Gasteiger partial charge in [0, 0.05) is 18.3 Å². The van der Waals surface area contributed by atoms with E-state index >= 15 is 0 Å². The molecule has 2 N–H and O–H groups in total. The predicted molar refractivity (Wildman–Crippen MR) is 82.4 cm³/mol. The molecule has 0 amide bonds. The molecule has 0 bridgehead atoms. The summed E-state index contributed by atoms with van der Waals surface area (Å²) in [5.41, 5.74) is 9.41. The van der Waals surface area contributed by atoms with E-state index in [0.29, 0.717) is 10.2 Å². The van der Waals surface area contributed by atoms with Crippen LogP contribution in [0.2, 0.25) is 0 Å². The maximum absolute atomic E-state index is 13.4. The molecule has 0 aliphatic carbocycles. The van der Waals surface area contributed by atoms with Gasteiger partial charge < -0.3 is 10.6 Å². The summed E-state index contributed by atoms with van der Waals surface area (Å²) in [6.07, 6.45) is 0. The highest BCUT2D eigenvalue weighted by Gasteiger charge is 2.13. The average Bonchev–Trinajstić information content (AvgIpc) is 2.38. The number of hydrogen-bond donors (Lipinski definition) is 1. The molecule has 0 aliphatic rings. The van der Waals surface area contributed by atoms with Crippen LogP contribution in [-0.4, -0.2) is 6.54 Å². The zero-order valence-corrected chi connectivity index (χ0v) is 12.5. The third-order valence-electron chi connectivity index (χ3n) is 3.02. The van der Waals surface area contributed by atoms with E-state index in [9.17, 15) is 4.39 Å². The lowest BCUT2D eigenvalue weighted by atomic mass is 10.2. The zero-order valence-electron chi connectivity index (χ0n) is 11.0. The van der Waals surface area contributed by atoms with Crippen LogP contribution in [0.3, 0.4) is 0 Å². The Morgan fingerprint density at radius 1 is 1.21 bits per heavy atom. The number of rotatable bonds is 3. The molecular weight excluding hydrogens is 307 g/mol. The van der Waals surface area contributed by atoms with Crippen molar-refractivity contribution in [3.05, 3.63) is 52.3 Å². The van der Waals surface area contributed by atoms with Crippen LogP contribution in [0.5, 0.6) is 0 Å². The molecule has 0 radical (unpaired) electrons. The molecule has 0 fully saturated rings. The van der Waals surface area contributed by atoms with E-state index < -0.39 is 0 Å². The fourth-order valence-corrected chi connectivity index (χ4v) is 2.33. The molecule has 4 heteroatoms. The van der Waals surface area contributed by atoms with Gasteiger partial charge in [-0.05, 0) is 48.0 Å². The molecule has 2 nitrogen and oxygen atoms in total. The Morgan fingerprint density at radius 3 is 2.42 bits per heavy atom. The Labute approximate surface area is 121 Å². The zero-order chi connectivity index (χ0) is 14.0. The number of benzene rings is 2. The van der Waals surface area contributed by atoms with Crippen LogP contribution >= 0.6 is 15.9 Å². The van der Waals surface area contributed by atoms with Crippen molar-refractivity contribution in [2.24, 2.45) is 0 Å². The fourth-order valence-electron chi connectivity index (χ4n) is 2.00. The molecule has 0 aliphatic heterocycles. The standard InChI is InChI=1S/C15H16BrFN2/c1-3-19(11-6-4-10(2)5-7-11)15-8-12(16)13(17)9-14(15)18/h4-9H,3,18H2,1-2H3. The van der Waals surface area contributed by atoms with Crippen LogP contribution in [0.15, 0.2) is 40.9 Å². The molecule has 0 spiro atoms. The highest BCUT2D eigenvalue weighted by Crippen LogP contribution is 2.34. The molecule has 19 heavy (non-hydrogen) atoms. The Balaban J connectivity index is 2.47. The van der Waals surface area contributed by atoms with Gasteiger partial charge in [0.05, 0.1) is 15.8 Å².